The fourth-order valence-electron chi connectivity index (χ4n) is 2.40. The molecule has 2 rings (SSSR count). The second-order valence-corrected chi connectivity index (χ2v) is 6.07. The van der Waals surface area contributed by atoms with E-state index < -0.39 is 5.60 Å². The Bertz CT molecular complexity index is 653. The number of nitrogens with zero attached hydrogens (tertiary/aromatic N) is 1. The van der Waals surface area contributed by atoms with Crippen LogP contribution in [0, 0.1) is 5.82 Å². The maximum Gasteiger partial charge on any atom is 0.266 e. The average molecular weight is 315 g/mol. The zero-order valence-corrected chi connectivity index (χ0v) is 13.9. The van der Waals surface area contributed by atoms with Crippen LogP contribution in [0.2, 0.25) is 0 Å². The molecule has 1 atom stereocenters. The van der Waals surface area contributed by atoms with Gasteiger partial charge >= 0.3 is 0 Å². The van der Waals surface area contributed by atoms with Crippen LogP contribution in [0.25, 0.3) is 0 Å². The Morgan fingerprint density at radius 3 is 2.22 bits per heavy atom. The molecule has 0 bridgehead atoms. The van der Waals surface area contributed by atoms with Gasteiger partial charge in [0.2, 0.25) is 0 Å². The lowest BCUT2D eigenvalue weighted by Crippen LogP contribution is -2.48. The van der Waals surface area contributed by atoms with Crippen molar-refractivity contribution in [2.24, 2.45) is 0 Å². The zero-order valence-electron chi connectivity index (χ0n) is 13.9. The normalized spacial score (nSPS) is 12.6. The number of halogens is 1. The van der Waals surface area contributed by atoms with E-state index in [1.54, 1.807) is 25.8 Å². The molecule has 2 aromatic rings. The lowest BCUT2D eigenvalue weighted by atomic mass is 10.0. The summed E-state index contributed by atoms with van der Waals surface area (Å²) in [5.74, 6) is -0.0139. The molecule has 0 aromatic heterocycles. The molecule has 0 aliphatic heterocycles. The molecule has 1 amide bonds. The molecule has 2 aromatic carbocycles. The van der Waals surface area contributed by atoms with E-state index in [-0.39, 0.29) is 17.8 Å². The number of rotatable bonds is 5. The minimum Gasteiger partial charge on any atom is -0.478 e. The summed E-state index contributed by atoms with van der Waals surface area (Å²) in [7, 11) is 1.76. The summed E-state index contributed by atoms with van der Waals surface area (Å²) in [6, 6.07) is 15.4. The number of likely N-dealkylation sites (N-methyl/N-ethyl adjacent to an activating group) is 1. The van der Waals surface area contributed by atoms with Gasteiger partial charge in [0.05, 0.1) is 6.04 Å². The van der Waals surface area contributed by atoms with Crippen LogP contribution in [0.4, 0.5) is 4.39 Å². The molecule has 0 saturated carbocycles. The first-order chi connectivity index (χ1) is 10.8. The third kappa shape index (κ3) is 4.09. The topological polar surface area (TPSA) is 29.5 Å². The first-order valence-corrected chi connectivity index (χ1v) is 7.58. The summed E-state index contributed by atoms with van der Waals surface area (Å²) in [5, 5.41) is 0. The van der Waals surface area contributed by atoms with Crippen LogP contribution in [-0.2, 0) is 4.79 Å². The van der Waals surface area contributed by atoms with E-state index in [1.165, 1.54) is 24.3 Å². The van der Waals surface area contributed by atoms with E-state index in [0.29, 0.717) is 5.75 Å². The highest BCUT2D eigenvalue weighted by molar-refractivity contribution is 5.85. The third-order valence-electron chi connectivity index (χ3n) is 3.88. The Hall–Kier alpha value is -2.36. The largest absolute Gasteiger partial charge is 0.478 e. The molecule has 0 saturated heterocycles. The maximum atomic E-state index is 13.0. The number of benzene rings is 2. The van der Waals surface area contributed by atoms with Crippen molar-refractivity contribution in [1.82, 2.24) is 4.90 Å². The van der Waals surface area contributed by atoms with Crippen molar-refractivity contribution >= 4 is 5.91 Å². The van der Waals surface area contributed by atoms with E-state index >= 15 is 0 Å². The van der Waals surface area contributed by atoms with Crippen molar-refractivity contribution in [2.75, 3.05) is 7.05 Å². The number of carbonyl (C=O) groups excluding carboxylic acids is 1. The van der Waals surface area contributed by atoms with Gasteiger partial charge in [0, 0.05) is 7.05 Å². The molecule has 0 N–H and O–H groups in total. The smallest absolute Gasteiger partial charge is 0.266 e. The Kier molecular flexibility index (Phi) is 5.04. The lowest BCUT2D eigenvalue weighted by Gasteiger charge is -2.33. The monoisotopic (exact) mass is 315 g/mol. The van der Waals surface area contributed by atoms with Gasteiger partial charge in [0.1, 0.15) is 11.6 Å². The van der Waals surface area contributed by atoms with E-state index in [1.807, 2.05) is 37.3 Å². The van der Waals surface area contributed by atoms with Gasteiger partial charge in [0.15, 0.2) is 5.60 Å². The highest BCUT2D eigenvalue weighted by atomic mass is 19.1. The van der Waals surface area contributed by atoms with Gasteiger partial charge in [-0.1, -0.05) is 30.3 Å². The van der Waals surface area contributed by atoms with E-state index in [2.05, 4.69) is 0 Å². The van der Waals surface area contributed by atoms with Crippen LogP contribution in [0.5, 0.6) is 5.75 Å². The standard InChI is InChI=1S/C19H22FNO2/c1-14(15-8-6-5-7-9-15)21(4)18(22)19(2,3)23-17-12-10-16(20)11-13-17/h5-14H,1-4H3. The minimum atomic E-state index is -1.05. The van der Waals surface area contributed by atoms with Crippen LogP contribution in [0.1, 0.15) is 32.4 Å². The molecule has 23 heavy (non-hydrogen) atoms. The van der Waals surface area contributed by atoms with Crippen molar-refractivity contribution in [3.8, 4) is 5.75 Å². The highest BCUT2D eigenvalue weighted by Gasteiger charge is 2.34. The quantitative estimate of drug-likeness (QED) is 0.827. The van der Waals surface area contributed by atoms with Crippen molar-refractivity contribution < 1.29 is 13.9 Å². The number of carbonyl (C=O) groups is 1. The number of ether oxygens (including phenoxy) is 1. The summed E-state index contributed by atoms with van der Waals surface area (Å²) >= 11 is 0. The fraction of sp³-hybridized carbons (Fsp3) is 0.316. The summed E-state index contributed by atoms with van der Waals surface area (Å²) in [5.41, 5.74) is 0.0104. The van der Waals surface area contributed by atoms with Crippen molar-refractivity contribution in [3.63, 3.8) is 0 Å². The van der Waals surface area contributed by atoms with Gasteiger partial charge in [0.25, 0.3) is 5.91 Å². The van der Waals surface area contributed by atoms with Crippen molar-refractivity contribution in [2.45, 2.75) is 32.4 Å². The second-order valence-electron chi connectivity index (χ2n) is 6.07. The molecule has 0 radical (unpaired) electrons. The first-order valence-electron chi connectivity index (χ1n) is 7.58. The molecule has 0 aliphatic carbocycles. The Morgan fingerprint density at radius 2 is 1.65 bits per heavy atom. The van der Waals surface area contributed by atoms with Gasteiger partial charge < -0.3 is 9.64 Å². The molecule has 122 valence electrons. The summed E-state index contributed by atoms with van der Waals surface area (Å²) in [6.45, 7) is 5.40. The summed E-state index contributed by atoms with van der Waals surface area (Å²) < 4.78 is 18.7. The molecular weight excluding hydrogens is 293 g/mol. The van der Waals surface area contributed by atoms with E-state index in [9.17, 15) is 9.18 Å². The van der Waals surface area contributed by atoms with E-state index in [4.69, 9.17) is 4.74 Å². The SMILES string of the molecule is CC(c1ccccc1)N(C)C(=O)C(C)(C)Oc1ccc(F)cc1. The highest BCUT2D eigenvalue weighted by Crippen LogP contribution is 2.25. The van der Waals surface area contributed by atoms with Gasteiger partial charge in [-0.2, -0.15) is 0 Å². The van der Waals surface area contributed by atoms with Crippen LogP contribution in [0.3, 0.4) is 0 Å². The van der Waals surface area contributed by atoms with Crippen molar-refractivity contribution in [3.05, 3.63) is 66.0 Å². The molecule has 1 unspecified atom stereocenters. The molecule has 0 fully saturated rings. The molecule has 3 nitrogen and oxygen atoms in total. The number of amides is 1. The molecule has 0 heterocycles. The van der Waals surface area contributed by atoms with Crippen LogP contribution in [-0.4, -0.2) is 23.5 Å². The third-order valence-corrected chi connectivity index (χ3v) is 3.88. The zero-order chi connectivity index (χ0) is 17.0. The molecule has 0 spiro atoms. The van der Waals surface area contributed by atoms with E-state index in [0.717, 1.165) is 5.56 Å². The first kappa shape index (κ1) is 17.0. The Labute approximate surface area is 136 Å². The fourth-order valence-corrected chi connectivity index (χ4v) is 2.40. The van der Waals surface area contributed by atoms with Gasteiger partial charge in [-0.25, -0.2) is 4.39 Å². The molecule has 4 heteroatoms. The van der Waals surface area contributed by atoms with Crippen molar-refractivity contribution in [1.29, 1.82) is 0 Å². The average Bonchev–Trinajstić information content (AvgIpc) is 2.55. The van der Waals surface area contributed by atoms with Gasteiger partial charge in [-0.15, -0.1) is 0 Å². The number of hydrogen-bond donors (Lipinski definition) is 0. The summed E-state index contributed by atoms with van der Waals surface area (Å²) in [6.07, 6.45) is 0. The predicted molar refractivity (Wildman–Crippen MR) is 88.7 cm³/mol. The minimum absolute atomic E-state index is 0.0696. The van der Waals surface area contributed by atoms with Gasteiger partial charge in [-0.05, 0) is 50.6 Å². The number of hydrogen-bond acceptors (Lipinski definition) is 2. The second kappa shape index (κ2) is 6.82. The predicted octanol–water partition coefficient (Wildman–Crippen LogP) is 4.20. The van der Waals surface area contributed by atoms with Crippen LogP contribution in [0.15, 0.2) is 54.6 Å². The lowest BCUT2D eigenvalue weighted by molar-refractivity contribution is -0.146. The Morgan fingerprint density at radius 1 is 1.09 bits per heavy atom. The molecular formula is C19H22FNO2. The Balaban J connectivity index is 2.12. The maximum absolute atomic E-state index is 13.0. The summed E-state index contributed by atoms with van der Waals surface area (Å²) in [4.78, 5) is 14.4. The van der Waals surface area contributed by atoms with Crippen LogP contribution >= 0.6 is 0 Å². The molecule has 0 aliphatic rings. The van der Waals surface area contributed by atoms with Gasteiger partial charge in [-0.3, -0.25) is 4.79 Å². The van der Waals surface area contributed by atoms with Crippen LogP contribution < -0.4 is 4.74 Å².